The summed E-state index contributed by atoms with van der Waals surface area (Å²) in [4.78, 5) is 13.2. The third-order valence-corrected chi connectivity index (χ3v) is 4.56. The number of hydrogen-bond acceptors (Lipinski definition) is 4. The lowest BCUT2D eigenvalue weighted by molar-refractivity contribution is -0.384. The van der Waals surface area contributed by atoms with Gasteiger partial charge in [-0.3, -0.25) is 10.1 Å². The highest BCUT2D eigenvalue weighted by Crippen LogP contribution is 2.30. The number of likely N-dealkylation sites (tertiary alicyclic amines) is 1. The van der Waals surface area contributed by atoms with Gasteiger partial charge in [0.25, 0.3) is 5.69 Å². The molecule has 1 aliphatic heterocycles. The fourth-order valence-corrected chi connectivity index (χ4v) is 3.09. The fraction of sp³-hybridized carbons (Fsp3) is 0.600. The second kappa shape index (κ2) is 7.09. The SMILES string of the molecule is CCN1CCC(C(C)Nc2cc(Cl)ccc2[N+](=O)[O-])CC1. The van der Waals surface area contributed by atoms with Crippen molar-refractivity contribution in [2.24, 2.45) is 5.92 Å². The molecule has 1 atom stereocenters. The molecule has 0 aliphatic carbocycles. The van der Waals surface area contributed by atoms with Crippen molar-refractivity contribution in [1.82, 2.24) is 4.90 Å². The monoisotopic (exact) mass is 311 g/mol. The highest BCUT2D eigenvalue weighted by Gasteiger charge is 2.25. The largest absolute Gasteiger partial charge is 0.377 e. The zero-order chi connectivity index (χ0) is 15.4. The Labute approximate surface area is 130 Å². The average molecular weight is 312 g/mol. The number of hydrogen-bond donors (Lipinski definition) is 1. The van der Waals surface area contributed by atoms with Crippen molar-refractivity contribution in [3.8, 4) is 0 Å². The molecule has 6 heteroatoms. The number of benzene rings is 1. The Bertz CT molecular complexity index is 502. The molecule has 0 amide bonds. The molecule has 1 heterocycles. The lowest BCUT2D eigenvalue weighted by Gasteiger charge is -2.34. The Morgan fingerprint density at radius 2 is 2.14 bits per heavy atom. The first-order valence-electron chi connectivity index (χ1n) is 7.44. The van der Waals surface area contributed by atoms with Crippen molar-refractivity contribution in [3.05, 3.63) is 33.3 Å². The number of nitrogens with one attached hydrogen (secondary N) is 1. The highest BCUT2D eigenvalue weighted by atomic mass is 35.5. The molecule has 116 valence electrons. The van der Waals surface area contributed by atoms with Gasteiger partial charge >= 0.3 is 0 Å². The van der Waals surface area contributed by atoms with Crippen LogP contribution in [0.25, 0.3) is 0 Å². The second-order valence-electron chi connectivity index (χ2n) is 5.62. The van der Waals surface area contributed by atoms with Crippen LogP contribution in [-0.4, -0.2) is 35.5 Å². The van der Waals surface area contributed by atoms with Crippen LogP contribution in [0.1, 0.15) is 26.7 Å². The van der Waals surface area contributed by atoms with Gasteiger partial charge in [0.05, 0.1) is 4.92 Å². The van der Waals surface area contributed by atoms with Crippen LogP contribution < -0.4 is 5.32 Å². The predicted molar refractivity (Wildman–Crippen MR) is 86.0 cm³/mol. The van der Waals surface area contributed by atoms with E-state index in [0.717, 1.165) is 32.5 Å². The van der Waals surface area contributed by atoms with Crippen molar-refractivity contribution in [2.75, 3.05) is 25.0 Å². The van der Waals surface area contributed by atoms with Crippen molar-refractivity contribution in [2.45, 2.75) is 32.7 Å². The molecule has 0 saturated carbocycles. The first-order valence-corrected chi connectivity index (χ1v) is 7.82. The van der Waals surface area contributed by atoms with Gasteiger partial charge < -0.3 is 10.2 Å². The van der Waals surface area contributed by atoms with Gasteiger partial charge in [-0.2, -0.15) is 0 Å². The summed E-state index contributed by atoms with van der Waals surface area (Å²) in [7, 11) is 0. The number of rotatable bonds is 5. The van der Waals surface area contributed by atoms with E-state index in [1.807, 2.05) is 0 Å². The molecule has 5 nitrogen and oxygen atoms in total. The zero-order valence-corrected chi connectivity index (χ0v) is 13.3. The van der Waals surface area contributed by atoms with E-state index >= 15 is 0 Å². The number of nitro groups is 1. The van der Waals surface area contributed by atoms with Gasteiger partial charge in [0.15, 0.2) is 0 Å². The van der Waals surface area contributed by atoms with E-state index in [9.17, 15) is 10.1 Å². The summed E-state index contributed by atoms with van der Waals surface area (Å²) in [6.07, 6.45) is 2.24. The maximum atomic E-state index is 11.1. The minimum absolute atomic E-state index is 0.0808. The summed E-state index contributed by atoms with van der Waals surface area (Å²) in [6.45, 7) is 7.57. The number of piperidine rings is 1. The normalized spacial score (nSPS) is 18.4. The summed E-state index contributed by atoms with van der Waals surface area (Å²) in [6, 6.07) is 4.84. The van der Waals surface area contributed by atoms with Gasteiger partial charge in [0, 0.05) is 17.1 Å². The average Bonchev–Trinajstić information content (AvgIpc) is 2.47. The first kappa shape index (κ1) is 16.0. The van der Waals surface area contributed by atoms with E-state index in [0.29, 0.717) is 16.6 Å². The maximum absolute atomic E-state index is 11.1. The topological polar surface area (TPSA) is 58.4 Å². The van der Waals surface area contributed by atoms with Gasteiger partial charge in [-0.25, -0.2) is 0 Å². The third kappa shape index (κ3) is 4.08. The quantitative estimate of drug-likeness (QED) is 0.664. The minimum atomic E-state index is -0.370. The van der Waals surface area contributed by atoms with Crippen LogP contribution in [-0.2, 0) is 0 Å². The lowest BCUT2D eigenvalue weighted by Crippen LogP contribution is -2.39. The van der Waals surface area contributed by atoms with Crippen LogP contribution in [0.3, 0.4) is 0 Å². The predicted octanol–water partition coefficient (Wildman–Crippen LogP) is 3.78. The number of halogens is 1. The Morgan fingerprint density at radius 1 is 1.48 bits per heavy atom. The first-order chi connectivity index (χ1) is 10.0. The van der Waals surface area contributed by atoms with Crippen LogP contribution in [0.4, 0.5) is 11.4 Å². The Kier molecular flexibility index (Phi) is 5.42. The van der Waals surface area contributed by atoms with Gasteiger partial charge in [-0.05, 0) is 57.5 Å². The van der Waals surface area contributed by atoms with Crippen LogP contribution in [0.5, 0.6) is 0 Å². The number of anilines is 1. The van der Waals surface area contributed by atoms with Gasteiger partial charge in [-0.15, -0.1) is 0 Å². The molecule has 0 aromatic heterocycles. The molecule has 1 N–H and O–H groups in total. The Hall–Kier alpha value is -1.33. The van der Waals surface area contributed by atoms with Gasteiger partial charge in [0.2, 0.25) is 0 Å². The molecule has 0 spiro atoms. The summed E-state index contributed by atoms with van der Waals surface area (Å²) >= 11 is 5.96. The Balaban J connectivity index is 2.04. The molecular formula is C15H22ClN3O2. The second-order valence-corrected chi connectivity index (χ2v) is 6.06. The van der Waals surface area contributed by atoms with E-state index in [4.69, 9.17) is 11.6 Å². The molecule has 1 aromatic carbocycles. The fourth-order valence-electron chi connectivity index (χ4n) is 2.92. The Morgan fingerprint density at radius 3 is 2.71 bits per heavy atom. The van der Waals surface area contributed by atoms with Gasteiger partial charge in [0.1, 0.15) is 5.69 Å². The number of nitro benzene ring substituents is 1. The number of nitrogens with zero attached hydrogens (tertiary/aromatic N) is 2. The molecule has 0 radical (unpaired) electrons. The molecule has 1 aliphatic rings. The van der Waals surface area contributed by atoms with Crippen LogP contribution >= 0.6 is 11.6 Å². The summed E-state index contributed by atoms with van der Waals surface area (Å²) < 4.78 is 0. The summed E-state index contributed by atoms with van der Waals surface area (Å²) in [5.74, 6) is 0.534. The van der Waals surface area contributed by atoms with E-state index < -0.39 is 0 Å². The van der Waals surface area contributed by atoms with Crippen molar-refractivity contribution in [3.63, 3.8) is 0 Å². The minimum Gasteiger partial charge on any atom is -0.377 e. The van der Waals surface area contributed by atoms with E-state index in [2.05, 4.69) is 24.1 Å². The molecule has 0 bridgehead atoms. The van der Waals surface area contributed by atoms with E-state index in [1.54, 1.807) is 12.1 Å². The van der Waals surface area contributed by atoms with Crippen LogP contribution in [0, 0.1) is 16.0 Å². The third-order valence-electron chi connectivity index (χ3n) is 4.33. The molecule has 1 saturated heterocycles. The molecule has 1 unspecified atom stereocenters. The van der Waals surface area contributed by atoms with Crippen molar-refractivity contribution >= 4 is 23.0 Å². The van der Waals surface area contributed by atoms with Crippen LogP contribution in [0.2, 0.25) is 5.02 Å². The van der Waals surface area contributed by atoms with Crippen molar-refractivity contribution < 1.29 is 4.92 Å². The zero-order valence-electron chi connectivity index (χ0n) is 12.5. The molecule has 21 heavy (non-hydrogen) atoms. The van der Waals surface area contributed by atoms with Gasteiger partial charge in [-0.1, -0.05) is 18.5 Å². The highest BCUT2D eigenvalue weighted by molar-refractivity contribution is 6.31. The standard InChI is InChI=1S/C15H22ClN3O2/c1-3-18-8-6-12(7-9-18)11(2)17-14-10-13(16)4-5-15(14)19(20)21/h4-5,10-12,17H,3,6-9H2,1-2H3. The summed E-state index contributed by atoms with van der Waals surface area (Å²) in [5, 5.41) is 14.9. The molecular weight excluding hydrogens is 290 g/mol. The van der Waals surface area contributed by atoms with E-state index in [1.165, 1.54) is 6.07 Å². The van der Waals surface area contributed by atoms with Crippen LogP contribution in [0.15, 0.2) is 18.2 Å². The lowest BCUT2D eigenvalue weighted by atomic mass is 9.90. The molecule has 1 fully saturated rings. The van der Waals surface area contributed by atoms with Crippen molar-refractivity contribution in [1.29, 1.82) is 0 Å². The smallest absolute Gasteiger partial charge is 0.292 e. The van der Waals surface area contributed by atoms with E-state index in [-0.39, 0.29) is 16.7 Å². The summed E-state index contributed by atoms with van der Waals surface area (Å²) in [5.41, 5.74) is 0.593. The molecule has 1 aromatic rings. The molecule has 2 rings (SSSR count). The maximum Gasteiger partial charge on any atom is 0.292 e.